The van der Waals surface area contributed by atoms with Gasteiger partial charge in [-0.2, -0.15) is 0 Å². The number of rotatable bonds is 8. The summed E-state index contributed by atoms with van der Waals surface area (Å²) in [6, 6.07) is 0.831. The van der Waals surface area contributed by atoms with E-state index >= 15 is 0 Å². The first-order valence-corrected chi connectivity index (χ1v) is 12.1. The number of hydrogen-bond donors (Lipinski definition) is 0. The van der Waals surface area contributed by atoms with Crippen LogP contribution < -0.4 is 0 Å². The van der Waals surface area contributed by atoms with Gasteiger partial charge >= 0.3 is 14.5 Å². The quantitative estimate of drug-likeness (QED) is 0.298. The van der Waals surface area contributed by atoms with Crippen molar-refractivity contribution < 1.29 is 18.1 Å². The summed E-state index contributed by atoms with van der Waals surface area (Å²) in [5.74, 6) is -0.332. The highest BCUT2D eigenvalue weighted by atomic mass is 28.4. The Kier molecular flexibility index (Phi) is 7.05. The second-order valence-electron chi connectivity index (χ2n) is 5.57. The Morgan fingerprint density at radius 1 is 1.22 bits per heavy atom. The maximum Gasteiger partial charge on any atom is 0.333 e. The summed E-state index contributed by atoms with van der Waals surface area (Å²) in [5.41, 5.74) is 0.431. The lowest BCUT2D eigenvalue weighted by molar-refractivity contribution is -0.138. The highest BCUT2D eigenvalue weighted by Gasteiger charge is 2.35. The average molecular weight is 291 g/mol. The number of carbonyl (C=O) groups excluding carboxylic acids is 1. The molecule has 0 fully saturated rings. The van der Waals surface area contributed by atoms with Crippen molar-refractivity contribution in [3.63, 3.8) is 0 Å². The maximum atomic E-state index is 11.2. The summed E-state index contributed by atoms with van der Waals surface area (Å²) < 4.78 is 16.7. The van der Waals surface area contributed by atoms with Crippen LogP contribution in [0.4, 0.5) is 0 Å². The summed E-state index contributed by atoms with van der Waals surface area (Å²) in [4.78, 5) is 11.2. The zero-order valence-corrected chi connectivity index (χ0v) is 14.5. The first-order valence-electron chi connectivity index (χ1n) is 6.17. The minimum Gasteiger partial charge on any atom is -0.462 e. The van der Waals surface area contributed by atoms with Gasteiger partial charge < -0.3 is 13.3 Å². The zero-order valence-electron chi connectivity index (χ0n) is 12.5. The van der Waals surface area contributed by atoms with E-state index in [1.165, 1.54) is 0 Å². The molecule has 0 heterocycles. The highest BCUT2D eigenvalue weighted by Crippen LogP contribution is 2.20. The van der Waals surface area contributed by atoms with Gasteiger partial charge in [-0.05, 0) is 45.6 Å². The van der Waals surface area contributed by atoms with E-state index in [0.29, 0.717) is 12.2 Å². The van der Waals surface area contributed by atoms with Crippen molar-refractivity contribution in [2.45, 2.75) is 45.6 Å². The zero-order chi connectivity index (χ0) is 14.4. The average Bonchev–Trinajstić information content (AvgIpc) is 2.21. The molecule has 18 heavy (non-hydrogen) atoms. The second-order valence-corrected chi connectivity index (χ2v) is 13.8. The first kappa shape index (κ1) is 17.6. The van der Waals surface area contributed by atoms with Gasteiger partial charge in [0.05, 0.1) is 6.61 Å². The molecule has 0 aromatic heterocycles. The minimum absolute atomic E-state index is 0.332. The molecule has 0 bridgehead atoms. The smallest absolute Gasteiger partial charge is 0.333 e. The Morgan fingerprint density at radius 3 is 2.17 bits per heavy atom. The molecule has 0 aliphatic rings. The molecule has 0 amide bonds. The monoisotopic (exact) mass is 290 g/mol. The number of ether oxygens (including phenoxy) is 1. The van der Waals surface area contributed by atoms with Crippen molar-refractivity contribution in [3.8, 4) is 0 Å². The summed E-state index contributed by atoms with van der Waals surface area (Å²) in [5, 5.41) is 0. The van der Waals surface area contributed by atoms with Gasteiger partial charge in [0.2, 0.25) is 0 Å². The van der Waals surface area contributed by atoms with Crippen molar-refractivity contribution in [3.05, 3.63) is 12.2 Å². The molecule has 0 radical (unpaired) electrons. The normalized spacial score (nSPS) is 15.0. The molecule has 0 N–H and O–H groups in total. The fourth-order valence-electron chi connectivity index (χ4n) is 1.52. The van der Waals surface area contributed by atoms with E-state index < -0.39 is 16.9 Å². The van der Waals surface area contributed by atoms with Crippen molar-refractivity contribution in [1.82, 2.24) is 0 Å². The maximum absolute atomic E-state index is 11.2. The molecule has 0 saturated heterocycles. The standard InChI is InChI=1S/C12H26O4Si2/c1-11(2)12(13)15-9-8-10-18(7,14-3)16-17(4,5)6/h1,8-10H2,2-7H3. The van der Waals surface area contributed by atoms with E-state index in [2.05, 4.69) is 32.8 Å². The van der Waals surface area contributed by atoms with Crippen LogP contribution >= 0.6 is 0 Å². The lowest BCUT2D eigenvalue weighted by Gasteiger charge is -2.32. The van der Waals surface area contributed by atoms with Crippen LogP contribution in [0, 0.1) is 0 Å². The molecular weight excluding hydrogens is 264 g/mol. The number of carbonyl (C=O) groups is 1. The molecule has 106 valence electrons. The predicted molar refractivity (Wildman–Crippen MR) is 78.3 cm³/mol. The summed E-state index contributed by atoms with van der Waals surface area (Å²) in [7, 11) is -2.01. The van der Waals surface area contributed by atoms with Gasteiger partial charge in [-0.3, -0.25) is 0 Å². The lowest BCUT2D eigenvalue weighted by Crippen LogP contribution is -2.46. The largest absolute Gasteiger partial charge is 0.462 e. The highest BCUT2D eigenvalue weighted by molar-refractivity contribution is 6.81. The van der Waals surface area contributed by atoms with Gasteiger partial charge in [-0.15, -0.1) is 0 Å². The Hall–Kier alpha value is -0.436. The molecule has 0 aromatic rings. The van der Waals surface area contributed by atoms with Crippen molar-refractivity contribution in [1.29, 1.82) is 0 Å². The van der Waals surface area contributed by atoms with Crippen LogP contribution in [0.15, 0.2) is 12.2 Å². The van der Waals surface area contributed by atoms with Crippen molar-refractivity contribution >= 4 is 22.8 Å². The van der Waals surface area contributed by atoms with Gasteiger partial charge in [0.25, 0.3) is 0 Å². The van der Waals surface area contributed by atoms with E-state index in [0.717, 1.165) is 12.5 Å². The number of esters is 1. The molecule has 1 atom stereocenters. The van der Waals surface area contributed by atoms with Gasteiger partial charge in [-0.1, -0.05) is 6.58 Å². The summed E-state index contributed by atoms with van der Waals surface area (Å²) >= 11 is 0. The van der Waals surface area contributed by atoms with Crippen molar-refractivity contribution in [2.24, 2.45) is 0 Å². The summed E-state index contributed by atoms with van der Waals surface area (Å²) in [6.07, 6.45) is 0.764. The van der Waals surface area contributed by atoms with E-state index in [-0.39, 0.29) is 5.97 Å². The molecule has 1 unspecified atom stereocenters. The molecule has 0 rings (SSSR count). The van der Waals surface area contributed by atoms with Crippen LogP contribution in [0.3, 0.4) is 0 Å². The predicted octanol–water partition coefficient (Wildman–Crippen LogP) is 3.07. The van der Waals surface area contributed by atoms with Crippen LogP contribution in [0.5, 0.6) is 0 Å². The van der Waals surface area contributed by atoms with Gasteiger partial charge in [0.1, 0.15) is 0 Å². The second kappa shape index (κ2) is 7.23. The summed E-state index contributed by atoms with van der Waals surface area (Å²) in [6.45, 7) is 14.1. The van der Waals surface area contributed by atoms with E-state index in [1.807, 2.05) is 0 Å². The lowest BCUT2D eigenvalue weighted by atomic mass is 10.4. The van der Waals surface area contributed by atoms with Crippen LogP contribution in [0.25, 0.3) is 0 Å². The third kappa shape index (κ3) is 7.81. The molecule has 0 saturated carbocycles. The topological polar surface area (TPSA) is 44.8 Å². The third-order valence-corrected chi connectivity index (χ3v) is 8.61. The Morgan fingerprint density at radius 2 is 1.78 bits per heavy atom. The van der Waals surface area contributed by atoms with Crippen LogP contribution in [-0.2, 0) is 18.1 Å². The fourth-order valence-corrected chi connectivity index (χ4v) is 8.44. The third-order valence-electron chi connectivity index (χ3n) is 2.31. The molecule has 4 nitrogen and oxygen atoms in total. The van der Waals surface area contributed by atoms with Crippen LogP contribution in [0.1, 0.15) is 13.3 Å². The molecular formula is C12H26O4Si2. The first-order chi connectivity index (χ1) is 8.09. The Bertz CT molecular complexity index is 299. The molecule has 0 aliphatic carbocycles. The van der Waals surface area contributed by atoms with Gasteiger partial charge in [-0.25, -0.2) is 4.79 Å². The number of hydrogen-bond acceptors (Lipinski definition) is 4. The Labute approximate surface area is 113 Å². The van der Waals surface area contributed by atoms with Crippen LogP contribution in [0.2, 0.25) is 32.2 Å². The molecule has 0 aromatic carbocycles. The molecule has 6 heteroatoms. The van der Waals surface area contributed by atoms with E-state index in [1.54, 1.807) is 14.0 Å². The fraction of sp³-hybridized carbons (Fsp3) is 0.750. The van der Waals surface area contributed by atoms with Crippen LogP contribution in [-0.4, -0.2) is 36.6 Å². The molecule has 0 spiro atoms. The SMILES string of the molecule is C=C(C)C(=O)OCCC[Si](C)(OC)O[Si](C)(C)C. The van der Waals surface area contributed by atoms with Gasteiger partial charge in [0.15, 0.2) is 8.32 Å². The van der Waals surface area contributed by atoms with E-state index in [9.17, 15) is 4.79 Å². The van der Waals surface area contributed by atoms with Gasteiger partial charge in [0, 0.05) is 12.7 Å². The Balaban J connectivity index is 4.08. The van der Waals surface area contributed by atoms with E-state index in [4.69, 9.17) is 13.3 Å². The van der Waals surface area contributed by atoms with Crippen molar-refractivity contribution in [2.75, 3.05) is 13.7 Å². The minimum atomic E-state index is -2.11. The molecule has 0 aliphatic heterocycles.